The number of nitrogens with zero attached hydrogens (tertiary/aromatic N) is 2. The summed E-state index contributed by atoms with van der Waals surface area (Å²) in [5, 5.41) is 3.43. The first-order chi connectivity index (χ1) is 12.7. The number of carbonyl (C=O) groups excluding carboxylic acids is 2. The molecule has 2 fully saturated rings. The highest BCUT2D eigenvalue weighted by Crippen LogP contribution is 2.21. The minimum absolute atomic E-state index is 0.104. The molecule has 142 valence electrons. The number of likely N-dealkylation sites (tertiary alicyclic amines) is 1. The Morgan fingerprint density at radius 2 is 1.88 bits per heavy atom. The molecule has 0 aliphatic carbocycles. The summed E-state index contributed by atoms with van der Waals surface area (Å²) in [5.74, 6) is 0.381. The van der Waals surface area contributed by atoms with Gasteiger partial charge in [0.2, 0.25) is 5.91 Å². The standard InChI is InChI=1S/C21H31N3O2/c1-2-13-24(20(25)16-18-9-6-12-22-18)19-10-14-23(15-11-19)21(26)17-7-4-3-5-8-17/h3-5,7-8,18-19,22H,2,6,9-16H2,1H3. The monoisotopic (exact) mass is 357 g/mol. The predicted octanol–water partition coefficient (Wildman–Crippen LogP) is 2.67. The zero-order chi connectivity index (χ0) is 18.4. The molecule has 1 aromatic rings. The maximum Gasteiger partial charge on any atom is 0.253 e. The van der Waals surface area contributed by atoms with E-state index in [-0.39, 0.29) is 17.9 Å². The fourth-order valence-corrected chi connectivity index (χ4v) is 4.15. The topological polar surface area (TPSA) is 52.7 Å². The van der Waals surface area contributed by atoms with Gasteiger partial charge in [0.1, 0.15) is 0 Å². The molecule has 2 saturated heterocycles. The molecule has 0 aromatic heterocycles. The van der Waals surface area contributed by atoms with Crippen molar-refractivity contribution in [3.63, 3.8) is 0 Å². The highest BCUT2D eigenvalue weighted by Gasteiger charge is 2.30. The summed E-state index contributed by atoms with van der Waals surface area (Å²) in [7, 11) is 0. The summed E-state index contributed by atoms with van der Waals surface area (Å²) in [5.41, 5.74) is 0.750. The third-order valence-electron chi connectivity index (χ3n) is 5.58. The molecule has 2 aliphatic rings. The summed E-state index contributed by atoms with van der Waals surface area (Å²) < 4.78 is 0. The SMILES string of the molecule is CCCN(C(=O)CC1CCCN1)C1CCN(C(=O)c2ccccc2)CC1. The largest absolute Gasteiger partial charge is 0.340 e. The molecule has 2 amide bonds. The molecule has 2 heterocycles. The number of benzene rings is 1. The van der Waals surface area contributed by atoms with E-state index in [0.29, 0.717) is 12.5 Å². The first kappa shape index (κ1) is 18.9. The molecule has 3 rings (SSSR count). The van der Waals surface area contributed by atoms with E-state index in [1.807, 2.05) is 35.2 Å². The smallest absolute Gasteiger partial charge is 0.253 e. The van der Waals surface area contributed by atoms with E-state index in [1.54, 1.807) is 0 Å². The van der Waals surface area contributed by atoms with Gasteiger partial charge in [-0.25, -0.2) is 0 Å². The summed E-state index contributed by atoms with van der Waals surface area (Å²) in [6, 6.07) is 10.1. The van der Waals surface area contributed by atoms with Crippen LogP contribution < -0.4 is 5.32 Å². The molecule has 0 saturated carbocycles. The molecule has 1 unspecified atom stereocenters. The van der Waals surface area contributed by atoms with Crippen molar-refractivity contribution in [2.45, 2.75) is 57.5 Å². The van der Waals surface area contributed by atoms with Crippen LogP contribution in [0.4, 0.5) is 0 Å². The summed E-state index contributed by atoms with van der Waals surface area (Å²) in [6.45, 7) is 5.44. The molecule has 1 aromatic carbocycles. The Kier molecular flexibility index (Phi) is 6.67. The van der Waals surface area contributed by atoms with Gasteiger partial charge in [0.25, 0.3) is 5.91 Å². The van der Waals surface area contributed by atoms with Crippen molar-refractivity contribution in [1.29, 1.82) is 0 Å². The van der Waals surface area contributed by atoms with Crippen LogP contribution in [0.1, 0.15) is 55.8 Å². The van der Waals surface area contributed by atoms with Gasteiger partial charge < -0.3 is 15.1 Å². The van der Waals surface area contributed by atoms with E-state index >= 15 is 0 Å². The average Bonchev–Trinajstić information content (AvgIpc) is 3.19. The molecule has 2 aliphatic heterocycles. The quantitative estimate of drug-likeness (QED) is 0.852. The Balaban J connectivity index is 1.55. The van der Waals surface area contributed by atoms with Gasteiger partial charge in [-0.1, -0.05) is 25.1 Å². The molecule has 0 radical (unpaired) electrons. The van der Waals surface area contributed by atoms with Crippen molar-refractivity contribution < 1.29 is 9.59 Å². The number of amides is 2. The number of hydrogen-bond donors (Lipinski definition) is 1. The Bertz CT molecular complexity index is 591. The van der Waals surface area contributed by atoms with E-state index in [9.17, 15) is 9.59 Å². The second-order valence-electron chi connectivity index (χ2n) is 7.47. The lowest BCUT2D eigenvalue weighted by Crippen LogP contribution is -2.49. The van der Waals surface area contributed by atoms with Gasteiger partial charge in [-0.3, -0.25) is 9.59 Å². The van der Waals surface area contributed by atoms with Crippen LogP contribution in [-0.2, 0) is 4.79 Å². The molecule has 5 heteroatoms. The summed E-state index contributed by atoms with van der Waals surface area (Å²) in [6.07, 6.45) is 5.63. The second-order valence-corrected chi connectivity index (χ2v) is 7.47. The highest BCUT2D eigenvalue weighted by molar-refractivity contribution is 5.94. The Hall–Kier alpha value is -1.88. The molecular weight excluding hydrogens is 326 g/mol. The van der Waals surface area contributed by atoms with Crippen LogP contribution in [-0.4, -0.2) is 59.9 Å². The van der Waals surface area contributed by atoms with Crippen LogP contribution in [0.15, 0.2) is 30.3 Å². The van der Waals surface area contributed by atoms with E-state index in [0.717, 1.165) is 57.4 Å². The zero-order valence-electron chi connectivity index (χ0n) is 15.8. The lowest BCUT2D eigenvalue weighted by atomic mass is 10.0. The van der Waals surface area contributed by atoms with Crippen LogP contribution in [0.3, 0.4) is 0 Å². The van der Waals surface area contributed by atoms with Gasteiger partial charge in [0.15, 0.2) is 0 Å². The summed E-state index contributed by atoms with van der Waals surface area (Å²) >= 11 is 0. The fourth-order valence-electron chi connectivity index (χ4n) is 4.15. The van der Waals surface area contributed by atoms with Crippen molar-refractivity contribution in [3.8, 4) is 0 Å². The van der Waals surface area contributed by atoms with Gasteiger partial charge in [0, 0.05) is 43.7 Å². The second kappa shape index (κ2) is 9.17. The molecule has 26 heavy (non-hydrogen) atoms. The molecule has 0 bridgehead atoms. The lowest BCUT2D eigenvalue weighted by molar-refractivity contribution is -0.134. The Morgan fingerprint density at radius 1 is 1.15 bits per heavy atom. The number of hydrogen-bond acceptors (Lipinski definition) is 3. The van der Waals surface area contributed by atoms with Crippen molar-refractivity contribution in [1.82, 2.24) is 15.1 Å². The highest BCUT2D eigenvalue weighted by atomic mass is 16.2. The van der Waals surface area contributed by atoms with E-state index in [4.69, 9.17) is 0 Å². The van der Waals surface area contributed by atoms with Crippen LogP contribution in [0.25, 0.3) is 0 Å². The fraction of sp³-hybridized carbons (Fsp3) is 0.619. The molecular formula is C21H31N3O2. The van der Waals surface area contributed by atoms with Gasteiger partial charge in [0.05, 0.1) is 0 Å². The molecule has 5 nitrogen and oxygen atoms in total. The normalized spacial score (nSPS) is 21.0. The van der Waals surface area contributed by atoms with Crippen molar-refractivity contribution in [2.75, 3.05) is 26.2 Å². The Labute approximate surface area is 156 Å². The van der Waals surface area contributed by atoms with Crippen LogP contribution in [0, 0.1) is 0 Å². The number of nitrogens with one attached hydrogen (secondary N) is 1. The van der Waals surface area contributed by atoms with Crippen LogP contribution in [0.5, 0.6) is 0 Å². The minimum atomic E-state index is 0.104. The predicted molar refractivity (Wildman–Crippen MR) is 103 cm³/mol. The van der Waals surface area contributed by atoms with Crippen molar-refractivity contribution in [3.05, 3.63) is 35.9 Å². The molecule has 1 atom stereocenters. The van der Waals surface area contributed by atoms with Gasteiger partial charge in [-0.15, -0.1) is 0 Å². The van der Waals surface area contributed by atoms with E-state index in [1.165, 1.54) is 6.42 Å². The van der Waals surface area contributed by atoms with Gasteiger partial charge in [-0.2, -0.15) is 0 Å². The minimum Gasteiger partial charge on any atom is -0.340 e. The number of carbonyl (C=O) groups is 2. The van der Waals surface area contributed by atoms with Gasteiger partial charge >= 0.3 is 0 Å². The van der Waals surface area contributed by atoms with E-state index < -0.39 is 0 Å². The zero-order valence-corrected chi connectivity index (χ0v) is 15.8. The summed E-state index contributed by atoms with van der Waals surface area (Å²) in [4.78, 5) is 29.5. The average molecular weight is 357 g/mol. The van der Waals surface area contributed by atoms with E-state index in [2.05, 4.69) is 17.1 Å². The maximum atomic E-state index is 12.8. The van der Waals surface area contributed by atoms with Crippen molar-refractivity contribution in [2.24, 2.45) is 0 Å². The molecule has 1 N–H and O–H groups in total. The third-order valence-corrected chi connectivity index (χ3v) is 5.58. The first-order valence-corrected chi connectivity index (χ1v) is 10.1. The maximum absolute atomic E-state index is 12.8. The van der Waals surface area contributed by atoms with Crippen molar-refractivity contribution >= 4 is 11.8 Å². The molecule has 0 spiro atoms. The Morgan fingerprint density at radius 3 is 2.50 bits per heavy atom. The third kappa shape index (κ3) is 4.64. The van der Waals surface area contributed by atoms with Gasteiger partial charge in [-0.05, 0) is 50.8 Å². The van der Waals surface area contributed by atoms with Crippen LogP contribution >= 0.6 is 0 Å². The van der Waals surface area contributed by atoms with Crippen LogP contribution in [0.2, 0.25) is 0 Å². The number of piperidine rings is 1. The lowest BCUT2D eigenvalue weighted by Gasteiger charge is -2.39. The first-order valence-electron chi connectivity index (χ1n) is 10.1. The number of rotatable bonds is 6.